The van der Waals surface area contributed by atoms with Crippen molar-refractivity contribution in [1.82, 2.24) is 14.8 Å². The molecular weight excluding hydrogens is 363 g/mol. The Morgan fingerprint density at radius 2 is 1.96 bits per heavy atom. The van der Waals surface area contributed by atoms with Gasteiger partial charge in [0.15, 0.2) is 5.16 Å². The molecule has 1 heterocycles. The van der Waals surface area contributed by atoms with E-state index in [9.17, 15) is 9.18 Å². The lowest BCUT2D eigenvalue weighted by Crippen LogP contribution is -2.16. The van der Waals surface area contributed by atoms with Crippen LogP contribution in [0.15, 0.2) is 60.0 Å². The van der Waals surface area contributed by atoms with E-state index in [-0.39, 0.29) is 17.5 Å². The lowest BCUT2D eigenvalue weighted by Gasteiger charge is -2.15. The monoisotopic (exact) mass is 384 g/mol. The molecule has 0 saturated heterocycles. The molecular formula is C20H21FN4OS. The molecule has 2 aromatic carbocycles. The van der Waals surface area contributed by atoms with Gasteiger partial charge in [-0.1, -0.05) is 55.9 Å². The topological polar surface area (TPSA) is 59.8 Å². The quantitative estimate of drug-likeness (QED) is 0.602. The normalized spacial score (nSPS) is 12.0. The molecule has 0 radical (unpaired) electrons. The standard InChI is InChI=1S/C20H21FN4OS/c1-3-14(2)15-8-4-6-10-17(15)23-19(26)12-27-20-24-22-13-25(20)18-11-7-5-9-16(18)21/h4-11,13-14H,3,12H2,1-2H3,(H,23,26). The summed E-state index contributed by atoms with van der Waals surface area (Å²) in [7, 11) is 0. The summed E-state index contributed by atoms with van der Waals surface area (Å²) in [5.74, 6) is 0.00496. The maximum atomic E-state index is 14.0. The summed E-state index contributed by atoms with van der Waals surface area (Å²) in [6, 6.07) is 14.2. The number of aromatic nitrogens is 3. The van der Waals surface area contributed by atoms with Gasteiger partial charge < -0.3 is 5.32 Å². The molecule has 1 amide bonds. The highest BCUT2D eigenvalue weighted by Gasteiger charge is 2.14. The van der Waals surface area contributed by atoms with Crippen LogP contribution in [0.3, 0.4) is 0 Å². The molecule has 3 aromatic rings. The van der Waals surface area contributed by atoms with Crippen molar-refractivity contribution in [3.8, 4) is 5.69 Å². The summed E-state index contributed by atoms with van der Waals surface area (Å²) in [5, 5.41) is 11.3. The minimum absolute atomic E-state index is 0.140. The number of carbonyl (C=O) groups is 1. The van der Waals surface area contributed by atoms with E-state index in [1.807, 2.05) is 24.3 Å². The molecule has 0 bridgehead atoms. The van der Waals surface area contributed by atoms with E-state index >= 15 is 0 Å². The van der Waals surface area contributed by atoms with Gasteiger partial charge in [-0.25, -0.2) is 4.39 Å². The molecule has 0 fully saturated rings. The third-order valence-electron chi connectivity index (χ3n) is 4.34. The van der Waals surface area contributed by atoms with Gasteiger partial charge in [-0.3, -0.25) is 9.36 Å². The molecule has 140 valence electrons. The summed E-state index contributed by atoms with van der Waals surface area (Å²) >= 11 is 1.22. The Balaban J connectivity index is 1.68. The average Bonchev–Trinajstić information content (AvgIpc) is 3.15. The van der Waals surface area contributed by atoms with Crippen LogP contribution < -0.4 is 5.32 Å². The van der Waals surface area contributed by atoms with Crippen LogP contribution in [-0.2, 0) is 4.79 Å². The molecule has 7 heteroatoms. The predicted molar refractivity (Wildman–Crippen MR) is 106 cm³/mol. The number of hydrogen-bond donors (Lipinski definition) is 1. The molecule has 1 aromatic heterocycles. The second kappa shape index (κ2) is 8.81. The van der Waals surface area contributed by atoms with Gasteiger partial charge in [-0.2, -0.15) is 0 Å². The lowest BCUT2D eigenvalue weighted by atomic mass is 9.97. The minimum Gasteiger partial charge on any atom is -0.325 e. The fourth-order valence-corrected chi connectivity index (χ4v) is 3.43. The molecule has 0 spiro atoms. The Labute approximate surface area is 162 Å². The van der Waals surface area contributed by atoms with E-state index < -0.39 is 0 Å². The van der Waals surface area contributed by atoms with E-state index in [2.05, 4.69) is 29.4 Å². The van der Waals surface area contributed by atoms with Crippen molar-refractivity contribution in [2.45, 2.75) is 31.3 Å². The molecule has 1 unspecified atom stereocenters. The van der Waals surface area contributed by atoms with Crippen LogP contribution in [0.5, 0.6) is 0 Å². The van der Waals surface area contributed by atoms with Crippen LogP contribution in [0, 0.1) is 5.82 Å². The van der Waals surface area contributed by atoms with Crippen molar-refractivity contribution < 1.29 is 9.18 Å². The number of amides is 1. The fraction of sp³-hybridized carbons (Fsp3) is 0.250. The first-order valence-electron chi connectivity index (χ1n) is 8.76. The number of nitrogens with one attached hydrogen (secondary N) is 1. The molecule has 5 nitrogen and oxygen atoms in total. The van der Waals surface area contributed by atoms with E-state index in [1.54, 1.807) is 22.8 Å². The minimum atomic E-state index is -0.369. The van der Waals surface area contributed by atoms with Crippen LogP contribution in [0.1, 0.15) is 31.7 Å². The Kier molecular flexibility index (Phi) is 6.24. The molecule has 0 aliphatic rings. The SMILES string of the molecule is CCC(C)c1ccccc1NC(=O)CSc1nncn1-c1ccccc1F. The number of carbonyl (C=O) groups excluding carboxylic acids is 1. The maximum Gasteiger partial charge on any atom is 0.234 e. The van der Waals surface area contributed by atoms with E-state index in [4.69, 9.17) is 0 Å². The average molecular weight is 384 g/mol. The molecule has 1 atom stereocenters. The zero-order valence-corrected chi connectivity index (χ0v) is 16.0. The summed E-state index contributed by atoms with van der Waals surface area (Å²) in [5.41, 5.74) is 2.30. The Morgan fingerprint density at radius 1 is 1.22 bits per heavy atom. The summed E-state index contributed by atoms with van der Waals surface area (Å²) < 4.78 is 15.5. The number of para-hydroxylation sites is 2. The van der Waals surface area contributed by atoms with Crippen molar-refractivity contribution >= 4 is 23.4 Å². The number of benzene rings is 2. The summed E-state index contributed by atoms with van der Waals surface area (Å²) in [4.78, 5) is 12.4. The highest BCUT2D eigenvalue weighted by atomic mass is 32.2. The van der Waals surface area contributed by atoms with Gasteiger partial charge >= 0.3 is 0 Å². The van der Waals surface area contributed by atoms with Crippen LogP contribution in [0.2, 0.25) is 0 Å². The molecule has 1 N–H and O–H groups in total. The highest BCUT2D eigenvalue weighted by molar-refractivity contribution is 7.99. The summed E-state index contributed by atoms with van der Waals surface area (Å²) in [6.45, 7) is 4.26. The van der Waals surface area contributed by atoms with E-state index in [0.29, 0.717) is 16.8 Å². The van der Waals surface area contributed by atoms with Gasteiger partial charge in [0, 0.05) is 5.69 Å². The fourth-order valence-electron chi connectivity index (χ4n) is 2.71. The number of nitrogens with zero attached hydrogens (tertiary/aromatic N) is 3. The second-order valence-corrected chi connectivity index (χ2v) is 7.11. The molecule has 27 heavy (non-hydrogen) atoms. The van der Waals surface area contributed by atoms with E-state index in [1.165, 1.54) is 24.2 Å². The number of hydrogen-bond acceptors (Lipinski definition) is 4. The summed E-state index contributed by atoms with van der Waals surface area (Å²) in [6.07, 6.45) is 2.43. The van der Waals surface area contributed by atoms with E-state index in [0.717, 1.165) is 17.7 Å². The number of rotatable bonds is 7. The van der Waals surface area contributed by atoms with Crippen molar-refractivity contribution in [3.05, 3.63) is 66.2 Å². The van der Waals surface area contributed by atoms with Crippen LogP contribution in [0.4, 0.5) is 10.1 Å². The van der Waals surface area contributed by atoms with Crippen LogP contribution in [-0.4, -0.2) is 26.4 Å². The zero-order valence-electron chi connectivity index (χ0n) is 15.2. The first-order valence-corrected chi connectivity index (χ1v) is 9.75. The van der Waals surface area contributed by atoms with Gasteiger partial charge in [-0.15, -0.1) is 10.2 Å². The Morgan fingerprint density at radius 3 is 2.74 bits per heavy atom. The number of thioether (sulfide) groups is 1. The third kappa shape index (κ3) is 4.54. The molecule has 0 aliphatic carbocycles. The van der Waals surface area contributed by atoms with Crippen LogP contribution >= 0.6 is 11.8 Å². The van der Waals surface area contributed by atoms with Crippen molar-refractivity contribution in [3.63, 3.8) is 0 Å². The maximum absolute atomic E-state index is 14.0. The van der Waals surface area contributed by atoms with Gasteiger partial charge in [0.2, 0.25) is 5.91 Å². The Hall–Kier alpha value is -2.67. The zero-order chi connectivity index (χ0) is 19.2. The first-order chi connectivity index (χ1) is 13.1. The van der Waals surface area contributed by atoms with Gasteiger partial charge in [0.05, 0.1) is 11.4 Å². The smallest absolute Gasteiger partial charge is 0.234 e. The molecule has 0 aliphatic heterocycles. The van der Waals surface area contributed by atoms with Gasteiger partial charge in [0.25, 0.3) is 0 Å². The van der Waals surface area contributed by atoms with Crippen molar-refractivity contribution in [2.24, 2.45) is 0 Å². The lowest BCUT2D eigenvalue weighted by molar-refractivity contribution is -0.113. The van der Waals surface area contributed by atoms with Crippen LogP contribution in [0.25, 0.3) is 5.69 Å². The van der Waals surface area contributed by atoms with Gasteiger partial charge in [0.1, 0.15) is 12.1 Å². The highest BCUT2D eigenvalue weighted by Crippen LogP contribution is 2.27. The number of anilines is 1. The van der Waals surface area contributed by atoms with Gasteiger partial charge in [-0.05, 0) is 36.1 Å². The second-order valence-electron chi connectivity index (χ2n) is 6.17. The van der Waals surface area contributed by atoms with Crippen molar-refractivity contribution in [2.75, 3.05) is 11.1 Å². The first kappa shape index (κ1) is 19.1. The largest absolute Gasteiger partial charge is 0.325 e. The third-order valence-corrected chi connectivity index (χ3v) is 5.28. The van der Waals surface area contributed by atoms with Crippen molar-refractivity contribution in [1.29, 1.82) is 0 Å². The predicted octanol–water partition coefficient (Wildman–Crippen LogP) is 4.65. The Bertz CT molecular complexity index is 928. The molecule has 0 saturated carbocycles. The molecule has 3 rings (SSSR count). The number of halogens is 1.